The van der Waals surface area contributed by atoms with Gasteiger partial charge in [0.1, 0.15) is 17.7 Å². The maximum Gasteiger partial charge on any atom is 0.416 e. The Morgan fingerprint density at radius 3 is 2.12 bits per heavy atom. The van der Waals surface area contributed by atoms with Crippen LogP contribution in [0.25, 0.3) is 0 Å². The zero-order valence-corrected chi connectivity index (χ0v) is 23.4. The summed E-state index contributed by atoms with van der Waals surface area (Å²) in [6, 6.07) is 9.24. The summed E-state index contributed by atoms with van der Waals surface area (Å²) in [7, 11) is 0. The maximum atomic E-state index is 13.8. The van der Waals surface area contributed by atoms with E-state index in [0.717, 1.165) is 5.56 Å². The van der Waals surface area contributed by atoms with Gasteiger partial charge in [-0.15, -0.1) is 0 Å². The molecular formula is C31H32F7N3O2. The number of alkyl halides is 6. The number of likely N-dealkylation sites (tertiary alicyclic amines) is 1. The van der Waals surface area contributed by atoms with E-state index in [0.29, 0.717) is 63.0 Å². The highest BCUT2D eigenvalue weighted by Crippen LogP contribution is 2.42. The lowest BCUT2D eigenvalue weighted by atomic mass is 9.78. The molecule has 0 unspecified atom stereocenters. The summed E-state index contributed by atoms with van der Waals surface area (Å²) in [6.07, 6.45) is -5.68. The van der Waals surface area contributed by atoms with E-state index < -0.39 is 47.1 Å². The van der Waals surface area contributed by atoms with Gasteiger partial charge in [0.25, 0.3) is 0 Å². The third kappa shape index (κ3) is 7.18. The van der Waals surface area contributed by atoms with Gasteiger partial charge in [0, 0.05) is 31.2 Å². The molecular weight excluding hydrogens is 579 g/mol. The van der Waals surface area contributed by atoms with Crippen LogP contribution in [0.15, 0.2) is 61.1 Å². The van der Waals surface area contributed by atoms with Gasteiger partial charge in [0.2, 0.25) is 0 Å². The molecule has 2 aliphatic rings. The number of halogens is 7. The molecule has 2 fully saturated rings. The standard InChI is InChI=1S/C31H32F7N3O2/c1-19(21-14-22(30(33,34)35)16-23(15-21)31(36,37)38)43-27-9-13-41(17-26(27)20-2-4-24(32)5-3-20)25-6-10-29(42,11-7-25)28-8-12-39-18-40-28/h2-5,8,12,14-16,18-19,25-27,42H,6-7,9-11,13,17H2,1H3/t19-,25?,26-,27+,29?/m1/s1. The third-order valence-corrected chi connectivity index (χ3v) is 8.69. The second-order valence-corrected chi connectivity index (χ2v) is 11.5. The summed E-state index contributed by atoms with van der Waals surface area (Å²) in [4.78, 5) is 10.4. The molecule has 1 aliphatic heterocycles. The number of hydrogen-bond donors (Lipinski definition) is 1. The first-order valence-corrected chi connectivity index (χ1v) is 14.2. The first kappa shape index (κ1) is 31.3. The zero-order chi connectivity index (χ0) is 31.0. The van der Waals surface area contributed by atoms with Crippen LogP contribution in [0.1, 0.15) is 79.0 Å². The lowest BCUT2D eigenvalue weighted by molar-refractivity contribution is -0.143. The van der Waals surface area contributed by atoms with Gasteiger partial charge in [-0.05, 0) is 86.6 Å². The second-order valence-electron chi connectivity index (χ2n) is 11.5. The van der Waals surface area contributed by atoms with Gasteiger partial charge in [-0.3, -0.25) is 4.90 Å². The summed E-state index contributed by atoms with van der Waals surface area (Å²) in [5.41, 5.74) is -2.72. The lowest BCUT2D eigenvalue weighted by Gasteiger charge is -2.46. The molecule has 2 heterocycles. The highest BCUT2D eigenvalue weighted by atomic mass is 19.4. The Balaban J connectivity index is 1.35. The first-order chi connectivity index (χ1) is 20.2. The van der Waals surface area contributed by atoms with Crippen LogP contribution in [0.4, 0.5) is 30.7 Å². The van der Waals surface area contributed by atoms with Crippen LogP contribution in [-0.4, -0.2) is 45.2 Å². The van der Waals surface area contributed by atoms with Crippen LogP contribution in [-0.2, 0) is 22.7 Å². The molecule has 3 atom stereocenters. The predicted molar refractivity (Wildman–Crippen MR) is 143 cm³/mol. The van der Waals surface area contributed by atoms with Crippen molar-refractivity contribution in [1.29, 1.82) is 0 Å². The number of hydrogen-bond acceptors (Lipinski definition) is 5. The molecule has 12 heteroatoms. The average molecular weight is 612 g/mol. The molecule has 1 saturated carbocycles. The van der Waals surface area contributed by atoms with Crippen LogP contribution in [0.5, 0.6) is 0 Å². The van der Waals surface area contributed by atoms with Crippen molar-refractivity contribution in [3.63, 3.8) is 0 Å². The molecule has 0 radical (unpaired) electrons. The smallest absolute Gasteiger partial charge is 0.384 e. The Morgan fingerprint density at radius 2 is 1.56 bits per heavy atom. The van der Waals surface area contributed by atoms with E-state index in [1.54, 1.807) is 24.4 Å². The van der Waals surface area contributed by atoms with Gasteiger partial charge in [-0.1, -0.05) is 12.1 Å². The number of benzene rings is 2. The van der Waals surface area contributed by atoms with Gasteiger partial charge in [-0.25, -0.2) is 14.4 Å². The van der Waals surface area contributed by atoms with Crippen molar-refractivity contribution in [2.75, 3.05) is 13.1 Å². The number of ether oxygens (including phenoxy) is 1. The number of aliphatic hydroxyl groups is 1. The van der Waals surface area contributed by atoms with Gasteiger partial charge in [0.15, 0.2) is 0 Å². The lowest BCUT2D eigenvalue weighted by Crippen LogP contribution is -2.50. The van der Waals surface area contributed by atoms with Crippen LogP contribution in [0, 0.1) is 5.82 Å². The van der Waals surface area contributed by atoms with E-state index in [9.17, 15) is 35.8 Å². The normalized spacial score (nSPS) is 26.3. The molecule has 1 aliphatic carbocycles. The van der Waals surface area contributed by atoms with Crippen molar-refractivity contribution in [3.8, 4) is 0 Å². The maximum absolute atomic E-state index is 13.8. The van der Waals surface area contributed by atoms with Gasteiger partial charge < -0.3 is 9.84 Å². The van der Waals surface area contributed by atoms with E-state index in [-0.39, 0.29) is 23.6 Å². The van der Waals surface area contributed by atoms with Crippen molar-refractivity contribution in [3.05, 3.63) is 94.8 Å². The van der Waals surface area contributed by atoms with E-state index in [1.165, 1.54) is 25.4 Å². The minimum absolute atomic E-state index is 0.103. The monoisotopic (exact) mass is 611 g/mol. The van der Waals surface area contributed by atoms with Gasteiger partial charge in [0.05, 0.1) is 29.0 Å². The summed E-state index contributed by atoms with van der Waals surface area (Å²) < 4.78 is 101. The Labute approximate surface area is 244 Å². The molecule has 5 nitrogen and oxygen atoms in total. The van der Waals surface area contributed by atoms with Crippen molar-refractivity contribution in [2.45, 2.75) is 81.1 Å². The summed E-state index contributed by atoms with van der Waals surface area (Å²) >= 11 is 0. The molecule has 1 aromatic heterocycles. The highest BCUT2D eigenvalue weighted by Gasteiger charge is 2.42. The Morgan fingerprint density at radius 1 is 0.930 bits per heavy atom. The first-order valence-electron chi connectivity index (χ1n) is 14.2. The van der Waals surface area contributed by atoms with Gasteiger partial charge >= 0.3 is 12.4 Å². The molecule has 0 spiro atoms. The number of piperidine rings is 1. The molecule has 0 amide bonds. The predicted octanol–water partition coefficient (Wildman–Crippen LogP) is 7.42. The fourth-order valence-corrected chi connectivity index (χ4v) is 6.30. The highest BCUT2D eigenvalue weighted by molar-refractivity contribution is 5.35. The SMILES string of the molecule is C[C@@H](O[C@H]1CCN(C2CCC(O)(c3ccncn3)CC2)C[C@@H]1c1ccc(F)cc1)c1cc(C(F)(F)F)cc(C(F)(F)F)c1. The third-order valence-electron chi connectivity index (χ3n) is 8.69. The van der Waals surface area contributed by atoms with Gasteiger partial charge in [-0.2, -0.15) is 26.3 Å². The Bertz CT molecular complexity index is 1340. The number of nitrogens with zero attached hydrogens (tertiary/aromatic N) is 3. The topological polar surface area (TPSA) is 58.5 Å². The Kier molecular flexibility index (Phi) is 8.84. The average Bonchev–Trinajstić information content (AvgIpc) is 2.97. The molecule has 232 valence electrons. The second kappa shape index (κ2) is 12.1. The minimum atomic E-state index is -4.96. The summed E-state index contributed by atoms with van der Waals surface area (Å²) in [5, 5.41) is 11.2. The fraction of sp³-hybridized carbons (Fsp3) is 0.484. The van der Waals surface area contributed by atoms with E-state index >= 15 is 0 Å². The minimum Gasteiger partial charge on any atom is -0.384 e. The zero-order valence-electron chi connectivity index (χ0n) is 23.4. The van der Waals surface area contributed by atoms with Crippen LogP contribution in [0.2, 0.25) is 0 Å². The molecule has 5 rings (SSSR count). The number of aromatic nitrogens is 2. The molecule has 3 aromatic rings. The Hall–Kier alpha value is -3.09. The van der Waals surface area contributed by atoms with Crippen molar-refractivity contribution in [1.82, 2.24) is 14.9 Å². The van der Waals surface area contributed by atoms with Crippen molar-refractivity contribution < 1.29 is 40.6 Å². The van der Waals surface area contributed by atoms with E-state index in [1.807, 2.05) is 0 Å². The fourth-order valence-electron chi connectivity index (χ4n) is 6.30. The molecule has 2 aromatic carbocycles. The number of rotatable bonds is 6. The largest absolute Gasteiger partial charge is 0.416 e. The van der Waals surface area contributed by atoms with Crippen LogP contribution in [0.3, 0.4) is 0 Å². The van der Waals surface area contributed by atoms with Crippen LogP contribution < -0.4 is 0 Å². The van der Waals surface area contributed by atoms with Crippen molar-refractivity contribution in [2.24, 2.45) is 0 Å². The van der Waals surface area contributed by atoms with Crippen molar-refractivity contribution >= 4 is 0 Å². The van der Waals surface area contributed by atoms with E-state index in [4.69, 9.17) is 4.74 Å². The van der Waals surface area contributed by atoms with Crippen LogP contribution >= 0.6 is 0 Å². The molecule has 1 saturated heterocycles. The summed E-state index contributed by atoms with van der Waals surface area (Å²) in [6.45, 7) is 2.52. The molecule has 43 heavy (non-hydrogen) atoms. The quantitative estimate of drug-likeness (QED) is 0.294. The van der Waals surface area contributed by atoms with E-state index in [2.05, 4.69) is 14.9 Å². The molecule has 0 bridgehead atoms. The summed E-state index contributed by atoms with van der Waals surface area (Å²) in [5.74, 6) is -0.741. The molecule has 1 N–H and O–H groups in total.